The zero-order valence-corrected chi connectivity index (χ0v) is 11.0. The monoisotopic (exact) mass is 265 g/mol. The predicted molar refractivity (Wildman–Crippen MR) is 70.1 cm³/mol. The number of piperidine rings is 1. The standard InChI is InChI=1S/C12H19N5O2/c1-16-11(9(13)7-15-16)12(19)17-4-2-8(3-5-17)6-10(14)18/h7-8H,2-6,13H2,1H3,(H2,14,18). The molecule has 1 aromatic heterocycles. The van der Waals surface area contributed by atoms with Crippen LogP contribution in [0.4, 0.5) is 5.69 Å². The van der Waals surface area contributed by atoms with Crippen molar-refractivity contribution < 1.29 is 9.59 Å². The van der Waals surface area contributed by atoms with Gasteiger partial charge in [0.2, 0.25) is 5.91 Å². The summed E-state index contributed by atoms with van der Waals surface area (Å²) in [6.45, 7) is 1.25. The molecule has 7 nitrogen and oxygen atoms in total. The number of nitrogens with two attached hydrogens (primary N) is 2. The summed E-state index contributed by atoms with van der Waals surface area (Å²) in [5.74, 6) is -0.0962. The highest BCUT2D eigenvalue weighted by Crippen LogP contribution is 2.22. The fourth-order valence-corrected chi connectivity index (χ4v) is 2.49. The maximum absolute atomic E-state index is 12.3. The van der Waals surface area contributed by atoms with E-state index in [-0.39, 0.29) is 17.7 Å². The van der Waals surface area contributed by atoms with Gasteiger partial charge in [-0.1, -0.05) is 0 Å². The number of hydrogen-bond acceptors (Lipinski definition) is 4. The molecule has 1 saturated heterocycles. The number of rotatable bonds is 3. The summed E-state index contributed by atoms with van der Waals surface area (Å²) in [4.78, 5) is 25.0. The Morgan fingerprint density at radius 3 is 2.53 bits per heavy atom. The Morgan fingerprint density at radius 1 is 1.42 bits per heavy atom. The second-order valence-corrected chi connectivity index (χ2v) is 4.98. The van der Waals surface area contributed by atoms with Crippen molar-refractivity contribution in [2.45, 2.75) is 19.3 Å². The number of carbonyl (C=O) groups is 2. The van der Waals surface area contributed by atoms with Crippen LogP contribution in [0.25, 0.3) is 0 Å². The van der Waals surface area contributed by atoms with Gasteiger partial charge in [0.05, 0.1) is 11.9 Å². The number of nitrogen functional groups attached to an aromatic ring is 1. The van der Waals surface area contributed by atoms with Crippen molar-refractivity contribution in [2.24, 2.45) is 18.7 Å². The molecular formula is C12H19N5O2. The summed E-state index contributed by atoms with van der Waals surface area (Å²) in [6, 6.07) is 0. The molecule has 104 valence electrons. The fourth-order valence-electron chi connectivity index (χ4n) is 2.49. The van der Waals surface area contributed by atoms with Gasteiger partial charge >= 0.3 is 0 Å². The summed E-state index contributed by atoms with van der Waals surface area (Å²) in [6.07, 6.45) is 3.47. The highest BCUT2D eigenvalue weighted by Gasteiger charge is 2.27. The second kappa shape index (κ2) is 5.29. The molecule has 0 spiro atoms. The molecule has 2 heterocycles. The zero-order chi connectivity index (χ0) is 14.0. The zero-order valence-electron chi connectivity index (χ0n) is 11.0. The number of aromatic nitrogens is 2. The molecule has 1 aromatic rings. The molecule has 7 heteroatoms. The number of anilines is 1. The van der Waals surface area contributed by atoms with Gasteiger partial charge in [0.1, 0.15) is 5.69 Å². The van der Waals surface area contributed by atoms with Crippen LogP contribution in [-0.4, -0.2) is 39.6 Å². The highest BCUT2D eigenvalue weighted by molar-refractivity contribution is 5.97. The number of amides is 2. The van der Waals surface area contributed by atoms with Crippen LogP contribution in [0.2, 0.25) is 0 Å². The molecular weight excluding hydrogens is 246 g/mol. The molecule has 2 rings (SSSR count). The molecule has 1 aliphatic heterocycles. The number of aryl methyl sites for hydroxylation is 1. The molecule has 2 amide bonds. The van der Waals surface area contributed by atoms with Crippen LogP contribution < -0.4 is 11.5 Å². The van der Waals surface area contributed by atoms with Crippen LogP contribution in [0.1, 0.15) is 29.8 Å². The molecule has 4 N–H and O–H groups in total. The van der Waals surface area contributed by atoms with E-state index >= 15 is 0 Å². The Hall–Kier alpha value is -2.05. The quantitative estimate of drug-likeness (QED) is 0.784. The lowest BCUT2D eigenvalue weighted by Crippen LogP contribution is -2.40. The van der Waals surface area contributed by atoms with E-state index < -0.39 is 0 Å². The predicted octanol–water partition coefficient (Wildman–Crippen LogP) is -0.270. The molecule has 19 heavy (non-hydrogen) atoms. The summed E-state index contributed by atoms with van der Waals surface area (Å²) in [7, 11) is 1.70. The van der Waals surface area contributed by atoms with Crippen LogP contribution in [-0.2, 0) is 11.8 Å². The van der Waals surface area contributed by atoms with E-state index in [0.717, 1.165) is 12.8 Å². The van der Waals surface area contributed by atoms with Gasteiger partial charge in [-0.2, -0.15) is 5.10 Å². The number of hydrogen-bond donors (Lipinski definition) is 2. The van der Waals surface area contributed by atoms with Gasteiger partial charge in [0.15, 0.2) is 0 Å². The van der Waals surface area contributed by atoms with E-state index in [1.807, 2.05) is 0 Å². The molecule has 0 atom stereocenters. The van der Waals surface area contributed by atoms with Crippen molar-refractivity contribution in [3.63, 3.8) is 0 Å². The molecule has 0 aromatic carbocycles. The smallest absolute Gasteiger partial charge is 0.274 e. The number of primary amides is 1. The van der Waals surface area contributed by atoms with E-state index in [9.17, 15) is 9.59 Å². The Bertz CT molecular complexity index is 469. The topological polar surface area (TPSA) is 107 Å². The lowest BCUT2D eigenvalue weighted by atomic mass is 9.93. The first-order valence-electron chi connectivity index (χ1n) is 6.34. The van der Waals surface area contributed by atoms with E-state index in [0.29, 0.717) is 30.9 Å². The highest BCUT2D eigenvalue weighted by atomic mass is 16.2. The molecule has 1 aliphatic rings. The van der Waals surface area contributed by atoms with Gasteiger partial charge in [-0.3, -0.25) is 14.3 Å². The molecule has 0 aliphatic carbocycles. The van der Waals surface area contributed by atoms with Crippen LogP contribution in [0, 0.1) is 5.92 Å². The van der Waals surface area contributed by atoms with Crippen molar-refractivity contribution in [3.05, 3.63) is 11.9 Å². The van der Waals surface area contributed by atoms with Crippen LogP contribution in [0.3, 0.4) is 0 Å². The Kier molecular flexibility index (Phi) is 3.73. The van der Waals surface area contributed by atoms with Gasteiger partial charge in [0.25, 0.3) is 5.91 Å². The van der Waals surface area contributed by atoms with Gasteiger partial charge in [-0.05, 0) is 18.8 Å². The van der Waals surface area contributed by atoms with Gasteiger partial charge in [-0.25, -0.2) is 0 Å². The average Bonchev–Trinajstić information content (AvgIpc) is 2.68. The summed E-state index contributed by atoms with van der Waals surface area (Å²) >= 11 is 0. The van der Waals surface area contributed by atoms with E-state index in [4.69, 9.17) is 11.5 Å². The van der Waals surface area contributed by atoms with Crippen molar-refractivity contribution in [1.82, 2.24) is 14.7 Å². The van der Waals surface area contributed by atoms with Crippen LogP contribution in [0.15, 0.2) is 6.20 Å². The third-order valence-corrected chi connectivity index (χ3v) is 3.56. The Morgan fingerprint density at radius 2 is 2.05 bits per heavy atom. The van der Waals surface area contributed by atoms with Crippen LogP contribution >= 0.6 is 0 Å². The molecule has 0 saturated carbocycles. The minimum absolute atomic E-state index is 0.102. The maximum atomic E-state index is 12.3. The third-order valence-electron chi connectivity index (χ3n) is 3.56. The van der Waals surface area contributed by atoms with E-state index in [2.05, 4.69) is 5.10 Å². The first kappa shape index (κ1) is 13.4. The molecule has 0 unspecified atom stereocenters. The number of likely N-dealkylation sites (tertiary alicyclic amines) is 1. The SMILES string of the molecule is Cn1ncc(N)c1C(=O)N1CCC(CC(N)=O)CC1. The van der Waals surface area contributed by atoms with Gasteiger partial charge in [-0.15, -0.1) is 0 Å². The average molecular weight is 265 g/mol. The summed E-state index contributed by atoms with van der Waals surface area (Å²) < 4.78 is 1.49. The second-order valence-electron chi connectivity index (χ2n) is 4.98. The summed E-state index contributed by atoms with van der Waals surface area (Å²) in [5.41, 5.74) is 11.8. The normalized spacial score (nSPS) is 16.6. The lowest BCUT2D eigenvalue weighted by molar-refractivity contribution is -0.119. The van der Waals surface area contributed by atoms with Crippen molar-refractivity contribution in [2.75, 3.05) is 18.8 Å². The van der Waals surface area contributed by atoms with Gasteiger partial charge in [0, 0.05) is 26.6 Å². The number of carbonyl (C=O) groups excluding carboxylic acids is 2. The van der Waals surface area contributed by atoms with Gasteiger partial charge < -0.3 is 16.4 Å². The van der Waals surface area contributed by atoms with Crippen molar-refractivity contribution in [1.29, 1.82) is 0 Å². The van der Waals surface area contributed by atoms with E-state index in [1.54, 1.807) is 11.9 Å². The Balaban J connectivity index is 1.98. The fraction of sp³-hybridized carbons (Fsp3) is 0.583. The largest absolute Gasteiger partial charge is 0.396 e. The molecule has 0 bridgehead atoms. The minimum Gasteiger partial charge on any atom is -0.396 e. The van der Waals surface area contributed by atoms with E-state index in [1.165, 1.54) is 10.9 Å². The Labute approximate surface area is 111 Å². The summed E-state index contributed by atoms with van der Waals surface area (Å²) in [5, 5.41) is 3.97. The maximum Gasteiger partial charge on any atom is 0.274 e. The molecule has 0 radical (unpaired) electrons. The third kappa shape index (κ3) is 2.86. The van der Waals surface area contributed by atoms with Crippen molar-refractivity contribution in [3.8, 4) is 0 Å². The lowest BCUT2D eigenvalue weighted by Gasteiger charge is -2.31. The first-order chi connectivity index (χ1) is 8.99. The number of nitrogens with zero attached hydrogens (tertiary/aromatic N) is 3. The van der Waals surface area contributed by atoms with Crippen molar-refractivity contribution >= 4 is 17.5 Å². The van der Waals surface area contributed by atoms with Crippen LogP contribution in [0.5, 0.6) is 0 Å². The minimum atomic E-state index is -0.277. The molecule has 1 fully saturated rings. The first-order valence-corrected chi connectivity index (χ1v) is 6.34.